The zero-order valence-electron chi connectivity index (χ0n) is 13.6. The summed E-state index contributed by atoms with van der Waals surface area (Å²) in [6.07, 6.45) is 5.69. The number of Topliss-reactive ketones (excluding diaryl/α,β-unsaturated/α-hetero) is 1. The van der Waals surface area contributed by atoms with Gasteiger partial charge in [-0.05, 0) is 48.3 Å². The van der Waals surface area contributed by atoms with E-state index in [1.807, 2.05) is 56.6 Å². The summed E-state index contributed by atoms with van der Waals surface area (Å²) in [7, 11) is 4.04. The molecule has 1 fully saturated rings. The molecule has 0 heterocycles. The molecule has 0 amide bonds. The summed E-state index contributed by atoms with van der Waals surface area (Å²) in [4.78, 5) is 14.6. The second-order valence-corrected chi connectivity index (χ2v) is 6.06. The molecule has 0 atom stereocenters. The van der Waals surface area contributed by atoms with Crippen LogP contribution in [0.5, 0.6) is 0 Å². The van der Waals surface area contributed by atoms with Crippen LogP contribution in [0.15, 0.2) is 65.7 Å². The monoisotopic (exact) mass is 303 g/mol. The van der Waals surface area contributed by atoms with Crippen LogP contribution in [0, 0.1) is 0 Å². The van der Waals surface area contributed by atoms with Gasteiger partial charge in [-0.15, -0.1) is 0 Å². The summed E-state index contributed by atoms with van der Waals surface area (Å²) in [6, 6.07) is 18.3. The quantitative estimate of drug-likeness (QED) is 0.773. The van der Waals surface area contributed by atoms with Crippen LogP contribution in [0.4, 0.5) is 5.69 Å². The lowest BCUT2D eigenvalue weighted by molar-refractivity contribution is -0.111. The topological polar surface area (TPSA) is 20.3 Å². The molecule has 0 bridgehead atoms. The molecule has 0 radical (unpaired) electrons. The zero-order valence-corrected chi connectivity index (χ0v) is 13.6. The van der Waals surface area contributed by atoms with Crippen molar-refractivity contribution in [1.29, 1.82) is 0 Å². The number of carbonyl (C=O) groups excluding carboxylic acids is 1. The molecule has 1 aliphatic carbocycles. The minimum atomic E-state index is 0.186. The number of carbonyl (C=O) groups is 1. The predicted octanol–water partition coefficient (Wildman–Crippen LogP) is 4.58. The minimum absolute atomic E-state index is 0.186. The Morgan fingerprint density at radius 1 is 0.783 bits per heavy atom. The molecular formula is C21H21NO. The lowest BCUT2D eigenvalue weighted by Crippen LogP contribution is -2.07. The van der Waals surface area contributed by atoms with Crippen molar-refractivity contribution in [3.05, 3.63) is 76.9 Å². The smallest absolute Gasteiger partial charge is 0.185 e. The highest BCUT2D eigenvalue weighted by molar-refractivity contribution is 6.15. The molecule has 2 aromatic rings. The van der Waals surface area contributed by atoms with Crippen LogP contribution in [0.3, 0.4) is 0 Å². The number of anilines is 1. The molecule has 0 N–H and O–H groups in total. The lowest BCUT2D eigenvalue weighted by Gasteiger charge is -2.11. The molecule has 116 valence electrons. The summed E-state index contributed by atoms with van der Waals surface area (Å²) < 4.78 is 0. The van der Waals surface area contributed by atoms with Crippen LogP contribution in [-0.2, 0) is 4.79 Å². The first-order chi connectivity index (χ1) is 11.1. The lowest BCUT2D eigenvalue weighted by atomic mass is 10.1. The molecule has 1 saturated carbocycles. The van der Waals surface area contributed by atoms with E-state index in [1.165, 1.54) is 0 Å². The van der Waals surface area contributed by atoms with E-state index in [0.29, 0.717) is 0 Å². The van der Waals surface area contributed by atoms with Crippen LogP contribution >= 0.6 is 0 Å². The molecule has 1 aliphatic rings. The van der Waals surface area contributed by atoms with Gasteiger partial charge in [-0.3, -0.25) is 4.79 Å². The first kappa shape index (κ1) is 15.3. The van der Waals surface area contributed by atoms with E-state index >= 15 is 0 Å². The Morgan fingerprint density at radius 2 is 1.30 bits per heavy atom. The highest BCUT2D eigenvalue weighted by atomic mass is 16.1. The molecule has 0 unspecified atom stereocenters. The van der Waals surface area contributed by atoms with Crippen molar-refractivity contribution < 1.29 is 4.79 Å². The fourth-order valence-corrected chi connectivity index (χ4v) is 2.80. The van der Waals surface area contributed by atoms with Crippen molar-refractivity contribution in [1.82, 2.24) is 0 Å². The fraction of sp³-hybridized carbons (Fsp3) is 0.190. The highest BCUT2D eigenvalue weighted by Crippen LogP contribution is 2.29. The Balaban J connectivity index is 1.80. The highest BCUT2D eigenvalue weighted by Gasteiger charge is 2.22. The summed E-state index contributed by atoms with van der Waals surface area (Å²) >= 11 is 0. The SMILES string of the molecule is CN(C)c1ccc(C=C2CCC(=Cc3ccccc3)C2=O)cc1. The van der Waals surface area contributed by atoms with E-state index in [0.717, 1.165) is 40.8 Å². The third-order valence-electron chi connectivity index (χ3n) is 4.14. The van der Waals surface area contributed by atoms with Gasteiger partial charge in [-0.25, -0.2) is 0 Å². The number of hydrogen-bond donors (Lipinski definition) is 0. The van der Waals surface area contributed by atoms with Gasteiger partial charge in [0.05, 0.1) is 0 Å². The van der Waals surface area contributed by atoms with E-state index in [2.05, 4.69) is 29.2 Å². The Bertz CT molecular complexity index is 752. The van der Waals surface area contributed by atoms with Gasteiger partial charge in [-0.2, -0.15) is 0 Å². The number of ketones is 1. The maximum Gasteiger partial charge on any atom is 0.185 e. The Morgan fingerprint density at radius 3 is 1.83 bits per heavy atom. The van der Waals surface area contributed by atoms with Gasteiger partial charge < -0.3 is 4.90 Å². The third-order valence-corrected chi connectivity index (χ3v) is 4.14. The van der Waals surface area contributed by atoms with Crippen molar-refractivity contribution in [3.8, 4) is 0 Å². The average Bonchev–Trinajstić information content (AvgIpc) is 2.90. The molecule has 2 heteroatoms. The van der Waals surface area contributed by atoms with Gasteiger partial charge in [0.2, 0.25) is 0 Å². The van der Waals surface area contributed by atoms with Crippen molar-refractivity contribution in [2.45, 2.75) is 12.8 Å². The second-order valence-electron chi connectivity index (χ2n) is 6.06. The first-order valence-electron chi connectivity index (χ1n) is 7.92. The molecule has 2 aromatic carbocycles. The van der Waals surface area contributed by atoms with Gasteiger partial charge >= 0.3 is 0 Å². The molecule has 2 nitrogen and oxygen atoms in total. The molecule has 23 heavy (non-hydrogen) atoms. The maximum atomic E-state index is 12.5. The molecule has 0 spiro atoms. The van der Waals surface area contributed by atoms with Crippen LogP contribution < -0.4 is 4.90 Å². The fourth-order valence-electron chi connectivity index (χ4n) is 2.80. The number of rotatable bonds is 3. The van der Waals surface area contributed by atoms with E-state index in [9.17, 15) is 4.79 Å². The molecule has 0 aliphatic heterocycles. The zero-order chi connectivity index (χ0) is 16.2. The van der Waals surface area contributed by atoms with Gasteiger partial charge in [0, 0.05) is 30.9 Å². The second kappa shape index (κ2) is 6.66. The number of hydrogen-bond acceptors (Lipinski definition) is 2. The Kier molecular flexibility index (Phi) is 4.42. The standard InChI is InChI=1S/C21H21NO/c1-22(2)20-12-8-17(9-13-20)15-19-11-10-18(21(19)23)14-16-6-4-3-5-7-16/h3-9,12-15H,10-11H2,1-2H3. The van der Waals surface area contributed by atoms with E-state index in [-0.39, 0.29) is 5.78 Å². The van der Waals surface area contributed by atoms with Crippen LogP contribution in [0.1, 0.15) is 24.0 Å². The molecular weight excluding hydrogens is 282 g/mol. The number of allylic oxidation sites excluding steroid dienone is 2. The Hall–Kier alpha value is -2.61. The van der Waals surface area contributed by atoms with Crippen molar-refractivity contribution >= 4 is 23.6 Å². The first-order valence-corrected chi connectivity index (χ1v) is 7.92. The summed E-state index contributed by atoms with van der Waals surface area (Å²) in [5, 5.41) is 0. The minimum Gasteiger partial charge on any atom is -0.378 e. The van der Waals surface area contributed by atoms with Crippen LogP contribution in [-0.4, -0.2) is 19.9 Å². The third kappa shape index (κ3) is 3.59. The molecule has 3 rings (SSSR count). The predicted molar refractivity (Wildman–Crippen MR) is 97.4 cm³/mol. The van der Waals surface area contributed by atoms with Gasteiger partial charge in [0.15, 0.2) is 5.78 Å². The van der Waals surface area contributed by atoms with Gasteiger partial charge in [0.25, 0.3) is 0 Å². The average molecular weight is 303 g/mol. The van der Waals surface area contributed by atoms with E-state index in [1.54, 1.807) is 0 Å². The van der Waals surface area contributed by atoms with Crippen LogP contribution in [0.25, 0.3) is 12.2 Å². The molecule has 0 aromatic heterocycles. The van der Waals surface area contributed by atoms with E-state index in [4.69, 9.17) is 0 Å². The summed E-state index contributed by atoms with van der Waals surface area (Å²) in [5.41, 5.74) is 5.15. The number of nitrogens with zero attached hydrogens (tertiary/aromatic N) is 1. The Labute approximate surface area is 137 Å². The van der Waals surface area contributed by atoms with Gasteiger partial charge in [0.1, 0.15) is 0 Å². The van der Waals surface area contributed by atoms with Crippen molar-refractivity contribution in [2.75, 3.05) is 19.0 Å². The molecule has 0 saturated heterocycles. The van der Waals surface area contributed by atoms with Crippen molar-refractivity contribution in [3.63, 3.8) is 0 Å². The largest absolute Gasteiger partial charge is 0.378 e. The maximum absolute atomic E-state index is 12.5. The van der Waals surface area contributed by atoms with Crippen LogP contribution in [0.2, 0.25) is 0 Å². The van der Waals surface area contributed by atoms with E-state index < -0.39 is 0 Å². The summed E-state index contributed by atoms with van der Waals surface area (Å²) in [5.74, 6) is 0.186. The normalized spacial score (nSPS) is 17.9. The van der Waals surface area contributed by atoms with Crippen molar-refractivity contribution in [2.24, 2.45) is 0 Å². The number of benzene rings is 2. The van der Waals surface area contributed by atoms with Gasteiger partial charge in [-0.1, -0.05) is 42.5 Å². The summed E-state index contributed by atoms with van der Waals surface area (Å²) in [6.45, 7) is 0.